The van der Waals surface area contributed by atoms with Crippen molar-refractivity contribution in [1.82, 2.24) is 0 Å². The maximum atomic E-state index is 2.54. The van der Waals surface area contributed by atoms with E-state index in [4.69, 9.17) is 0 Å². The molecule has 0 amide bonds. The van der Waals surface area contributed by atoms with Crippen LogP contribution in [0.4, 0.5) is 45.5 Å². The normalized spacial score (nSPS) is 15.4. The summed E-state index contributed by atoms with van der Waals surface area (Å²) in [5.41, 5.74) is 11.5. The van der Waals surface area contributed by atoms with Crippen molar-refractivity contribution in [2.24, 2.45) is 0 Å². The SMILES string of the molecule is C1=CC(N(C2=CCC(N(c3ccccc3)c3cccc4ccccc34)C=C2)c2ccc(N(c3ccccc3)c3cccc4ccccc34)cc2)CC=C1N(c1ccccc1)c1cccc2ccccc12. The first-order chi connectivity index (χ1) is 34.7. The molecule has 2 unspecified atom stereocenters. The van der Waals surface area contributed by atoms with E-state index in [2.05, 4.69) is 299 Å². The Hall–Kier alpha value is -8.86. The average molecular weight is 901 g/mol. The van der Waals surface area contributed by atoms with Gasteiger partial charge in [-0.15, -0.1) is 0 Å². The van der Waals surface area contributed by atoms with Crippen molar-refractivity contribution < 1.29 is 0 Å². The Morgan fingerprint density at radius 2 is 0.629 bits per heavy atom. The zero-order valence-electron chi connectivity index (χ0n) is 38.9. The van der Waals surface area contributed by atoms with Crippen molar-refractivity contribution >= 4 is 77.8 Å². The van der Waals surface area contributed by atoms with E-state index in [-0.39, 0.29) is 12.1 Å². The maximum absolute atomic E-state index is 2.54. The summed E-state index contributed by atoms with van der Waals surface area (Å²) in [7, 11) is 0. The van der Waals surface area contributed by atoms with Gasteiger partial charge >= 0.3 is 0 Å². The fourth-order valence-electron chi connectivity index (χ4n) is 10.5. The van der Waals surface area contributed by atoms with E-state index in [1.807, 2.05) is 0 Å². The van der Waals surface area contributed by atoms with Crippen LogP contribution in [0.2, 0.25) is 0 Å². The van der Waals surface area contributed by atoms with Crippen molar-refractivity contribution in [3.8, 4) is 0 Å². The lowest BCUT2D eigenvalue weighted by molar-refractivity contribution is 0.729. The van der Waals surface area contributed by atoms with Crippen LogP contribution in [0, 0.1) is 0 Å². The topological polar surface area (TPSA) is 13.0 Å². The highest BCUT2D eigenvalue weighted by atomic mass is 15.2. The predicted molar refractivity (Wildman–Crippen MR) is 297 cm³/mol. The van der Waals surface area contributed by atoms with Crippen LogP contribution in [-0.4, -0.2) is 12.1 Å². The van der Waals surface area contributed by atoms with Crippen LogP contribution in [0.15, 0.2) is 291 Å². The zero-order chi connectivity index (χ0) is 46.6. The van der Waals surface area contributed by atoms with Crippen LogP contribution in [0.1, 0.15) is 12.8 Å². The zero-order valence-corrected chi connectivity index (χ0v) is 38.9. The number of fused-ring (bicyclic) bond motifs is 3. The lowest BCUT2D eigenvalue weighted by Crippen LogP contribution is -2.36. The molecule has 0 heterocycles. The summed E-state index contributed by atoms with van der Waals surface area (Å²) in [5, 5.41) is 7.35. The van der Waals surface area contributed by atoms with Crippen LogP contribution in [-0.2, 0) is 0 Å². The second kappa shape index (κ2) is 19.0. The fourth-order valence-corrected chi connectivity index (χ4v) is 10.5. The van der Waals surface area contributed by atoms with Gasteiger partial charge in [0.1, 0.15) is 0 Å². The van der Waals surface area contributed by atoms with Gasteiger partial charge in [-0.25, -0.2) is 0 Å². The summed E-state index contributed by atoms with van der Waals surface area (Å²) >= 11 is 0. The van der Waals surface area contributed by atoms with E-state index < -0.39 is 0 Å². The van der Waals surface area contributed by atoms with E-state index in [1.54, 1.807) is 0 Å². The van der Waals surface area contributed by atoms with Crippen LogP contribution >= 0.6 is 0 Å². The number of allylic oxidation sites excluding steroid dienone is 2. The van der Waals surface area contributed by atoms with E-state index in [9.17, 15) is 0 Å². The first-order valence-electron chi connectivity index (χ1n) is 24.4. The summed E-state index contributed by atoms with van der Waals surface area (Å²) in [6.07, 6.45) is 16.0. The standard InChI is InChI=1S/C66H52N4/c1-4-25-52(26-5-1)68(64-34-16-22-49-19-10-13-31-61(49)64)58-43-37-55(38-44-58)67(56-39-45-59(46-40-56)69(53-27-6-2-7-28-53)65-35-17-23-50-20-11-14-32-62(50)65)57-41-47-60(48-42-57)70(54-29-8-3-9-30-54)66-36-18-24-51-21-12-15-33-63(51)66/h1-41,43-45,47-48,57,59H,42,46H2. The van der Waals surface area contributed by atoms with Crippen LogP contribution < -0.4 is 19.6 Å². The van der Waals surface area contributed by atoms with E-state index in [1.165, 1.54) is 55.1 Å². The molecule has 0 N–H and O–H groups in total. The molecule has 70 heavy (non-hydrogen) atoms. The van der Waals surface area contributed by atoms with Gasteiger partial charge in [-0.3, -0.25) is 0 Å². The second-order valence-corrected chi connectivity index (χ2v) is 18.0. The summed E-state index contributed by atoms with van der Waals surface area (Å²) in [5.74, 6) is 0. The van der Waals surface area contributed by atoms with Gasteiger partial charge in [-0.05, 0) is 120 Å². The van der Waals surface area contributed by atoms with E-state index in [0.29, 0.717) is 0 Å². The number of hydrogen-bond donors (Lipinski definition) is 0. The van der Waals surface area contributed by atoms with E-state index >= 15 is 0 Å². The van der Waals surface area contributed by atoms with Crippen LogP contribution in [0.25, 0.3) is 32.3 Å². The molecule has 0 saturated heterocycles. The largest absolute Gasteiger partial charge is 0.335 e. The van der Waals surface area contributed by atoms with Gasteiger partial charge in [0, 0.05) is 61.7 Å². The highest BCUT2D eigenvalue weighted by molar-refractivity contribution is 6.00. The molecule has 0 saturated carbocycles. The van der Waals surface area contributed by atoms with Gasteiger partial charge in [-0.1, -0.05) is 188 Å². The first kappa shape index (κ1) is 42.5. The maximum Gasteiger partial charge on any atom is 0.0561 e. The smallest absolute Gasteiger partial charge is 0.0561 e. The van der Waals surface area contributed by atoms with Crippen molar-refractivity contribution in [3.63, 3.8) is 0 Å². The molecule has 4 heteroatoms. The van der Waals surface area contributed by atoms with Crippen LogP contribution in [0.5, 0.6) is 0 Å². The van der Waals surface area contributed by atoms with Crippen molar-refractivity contribution in [1.29, 1.82) is 0 Å². The molecule has 0 aliphatic heterocycles. The van der Waals surface area contributed by atoms with E-state index in [0.717, 1.165) is 47.0 Å². The molecule has 10 aromatic carbocycles. The van der Waals surface area contributed by atoms with Gasteiger partial charge in [0.25, 0.3) is 0 Å². The van der Waals surface area contributed by atoms with Crippen LogP contribution in [0.3, 0.4) is 0 Å². The Morgan fingerprint density at radius 1 is 0.271 bits per heavy atom. The number of benzene rings is 10. The minimum atomic E-state index is 0.0544. The Morgan fingerprint density at radius 3 is 1.14 bits per heavy atom. The number of rotatable bonds is 12. The summed E-state index contributed by atoms with van der Waals surface area (Å²) in [6.45, 7) is 0. The Balaban J connectivity index is 0.932. The molecule has 2 atom stereocenters. The van der Waals surface area contributed by atoms with Gasteiger partial charge in [-0.2, -0.15) is 0 Å². The number of nitrogens with zero attached hydrogens (tertiary/aromatic N) is 4. The fraction of sp³-hybridized carbons (Fsp3) is 0.0606. The lowest BCUT2D eigenvalue weighted by atomic mass is 9.97. The molecule has 0 radical (unpaired) electrons. The Labute approximate surface area is 410 Å². The highest BCUT2D eigenvalue weighted by Gasteiger charge is 2.28. The molecule has 2 aliphatic rings. The van der Waals surface area contributed by atoms with Gasteiger partial charge in [0.05, 0.1) is 23.5 Å². The second-order valence-electron chi connectivity index (χ2n) is 18.0. The molecule has 336 valence electrons. The molecule has 12 rings (SSSR count). The number of para-hydroxylation sites is 3. The molecule has 4 nitrogen and oxygen atoms in total. The Bertz CT molecular complexity index is 3560. The number of hydrogen-bond acceptors (Lipinski definition) is 4. The third kappa shape index (κ3) is 8.20. The summed E-state index contributed by atoms with van der Waals surface area (Å²) < 4.78 is 0. The summed E-state index contributed by atoms with van der Waals surface area (Å²) in [6, 6.07) is 87.6. The number of anilines is 8. The third-order valence-corrected chi connectivity index (χ3v) is 13.8. The molecule has 0 fully saturated rings. The van der Waals surface area contributed by atoms with Gasteiger partial charge < -0.3 is 19.6 Å². The minimum absolute atomic E-state index is 0.0544. The van der Waals surface area contributed by atoms with Crippen molar-refractivity contribution in [3.05, 3.63) is 291 Å². The Kier molecular flexibility index (Phi) is 11.6. The quantitative estimate of drug-likeness (QED) is 0.121. The van der Waals surface area contributed by atoms with Crippen molar-refractivity contribution in [2.45, 2.75) is 24.9 Å². The molecule has 10 aromatic rings. The summed E-state index contributed by atoms with van der Waals surface area (Å²) in [4.78, 5) is 9.85. The first-order valence-corrected chi connectivity index (χ1v) is 24.4. The molecular weight excluding hydrogens is 849 g/mol. The third-order valence-electron chi connectivity index (χ3n) is 13.8. The molecule has 2 aliphatic carbocycles. The van der Waals surface area contributed by atoms with Gasteiger partial charge in [0.2, 0.25) is 0 Å². The molecule has 0 bridgehead atoms. The average Bonchev–Trinajstić information content (AvgIpc) is 3.43. The minimum Gasteiger partial charge on any atom is -0.335 e. The monoisotopic (exact) mass is 900 g/mol. The van der Waals surface area contributed by atoms with Gasteiger partial charge in [0.15, 0.2) is 0 Å². The molecular formula is C66H52N4. The molecule has 0 spiro atoms. The highest BCUT2D eigenvalue weighted by Crippen LogP contribution is 2.43. The van der Waals surface area contributed by atoms with Crippen molar-refractivity contribution in [2.75, 3.05) is 19.6 Å². The lowest BCUT2D eigenvalue weighted by Gasteiger charge is -2.39. The molecule has 0 aromatic heterocycles. The predicted octanol–water partition coefficient (Wildman–Crippen LogP) is 17.5.